The van der Waals surface area contributed by atoms with Crippen LogP contribution in [0.15, 0.2) is 146 Å². The molecule has 0 fully saturated rings. The van der Waals surface area contributed by atoms with E-state index in [0.29, 0.717) is 40.0 Å². The largest absolute Gasteiger partial charge is 2.00 e. The van der Waals surface area contributed by atoms with E-state index in [9.17, 15) is 0 Å². The van der Waals surface area contributed by atoms with Crippen molar-refractivity contribution in [2.75, 3.05) is 0 Å². The van der Waals surface area contributed by atoms with Crippen molar-refractivity contribution < 1.29 is 51.6 Å². The molecule has 0 saturated heterocycles. The van der Waals surface area contributed by atoms with E-state index in [1.807, 2.05) is 115 Å². The van der Waals surface area contributed by atoms with Gasteiger partial charge in [0.15, 0.2) is 0 Å². The third-order valence-corrected chi connectivity index (χ3v) is 11.1. The second-order valence-corrected chi connectivity index (χ2v) is 14.7. The van der Waals surface area contributed by atoms with Crippen molar-refractivity contribution in [2.45, 2.75) is 13.8 Å². The molecular weight excluding hydrogens is 1150 g/mol. The summed E-state index contributed by atoms with van der Waals surface area (Å²) in [6.07, 6.45) is 3.59. The zero-order valence-electron chi connectivity index (χ0n) is 33.4. The minimum Gasteiger partial charge on any atom is -0.509 e. The Kier molecular flexibility index (Phi) is 10.2. The number of benzene rings is 6. The molecule has 0 aliphatic carbocycles. The number of fused-ring (bicyclic) bond motifs is 9. The molecule has 0 radical (unpaired) electrons. The molecule has 0 amide bonds. The monoisotopic (exact) mass is 1180 g/mol. The molecule has 0 spiro atoms. The van der Waals surface area contributed by atoms with Crippen LogP contribution in [0.25, 0.3) is 83.0 Å². The molecule has 0 saturated carbocycles. The van der Waals surface area contributed by atoms with Gasteiger partial charge in [0.05, 0.1) is 11.4 Å². The molecule has 6 aromatic heterocycles. The zero-order valence-corrected chi connectivity index (χ0v) is 37.9. The number of ether oxygens (including phenoxy) is 2. The average Bonchev–Trinajstić information content (AvgIpc) is 3.92. The molecule has 12 aromatic rings. The number of aryl methyl sites for hydroxylation is 2. The molecule has 306 valence electrons. The van der Waals surface area contributed by atoms with Gasteiger partial charge in [-0.3, -0.25) is 0 Å². The van der Waals surface area contributed by atoms with Gasteiger partial charge in [0.1, 0.15) is 11.6 Å². The van der Waals surface area contributed by atoms with Gasteiger partial charge < -0.3 is 23.2 Å². The number of para-hydroxylation sites is 2. The molecule has 12 heteroatoms. The summed E-state index contributed by atoms with van der Waals surface area (Å²) in [7, 11) is 0. The number of hydrogen-bond donors (Lipinski definition) is 0. The molecule has 10 nitrogen and oxygen atoms in total. The van der Waals surface area contributed by atoms with Crippen LogP contribution >= 0.6 is 0 Å². The molecule has 12 rings (SSSR count). The van der Waals surface area contributed by atoms with Crippen molar-refractivity contribution >= 4 is 65.4 Å². The first kappa shape index (κ1) is 40.1. The summed E-state index contributed by atoms with van der Waals surface area (Å²) in [6, 6.07) is 58.3. The van der Waals surface area contributed by atoms with Crippen molar-refractivity contribution in [3.63, 3.8) is 0 Å². The maximum absolute atomic E-state index is 6.55. The molecule has 0 bridgehead atoms. The van der Waals surface area contributed by atoms with E-state index in [1.54, 1.807) is 12.4 Å². The molecule has 0 aliphatic heterocycles. The summed E-state index contributed by atoms with van der Waals surface area (Å²) in [4.78, 5) is 14.2. The van der Waals surface area contributed by atoms with Crippen molar-refractivity contribution in [3.8, 4) is 40.6 Å². The maximum Gasteiger partial charge on any atom is 2.00 e. The third kappa shape index (κ3) is 6.69. The van der Waals surface area contributed by atoms with E-state index >= 15 is 0 Å². The number of rotatable bonds is 7. The Balaban J connectivity index is 0.00000236. The van der Waals surface area contributed by atoms with Gasteiger partial charge in [0.25, 0.3) is 5.95 Å². The Morgan fingerprint density at radius 1 is 0.397 bits per heavy atom. The smallest absolute Gasteiger partial charge is 0.509 e. The first-order valence-corrected chi connectivity index (χ1v) is 19.8. The molecule has 6 aromatic carbocycles. The summed E-state index contributed by atoms with van der Waals surface area (Å²) >= 11 is 0. The van der Waals surface area contributed by atoms with Crippen molar-refractivity contribution in [2.24, 2.45) is 0 Å². The van der Waals surface area contributed by atoms with Gasteiger partial charge in [0.2, 0.25) is 0 Å². The molecule has 63 heavy (non-hydrogen) atoms. The molecule has 6 heterocycles. The van der Waals surface area contributed by atoms with Crippen LogP contribution in [0.3, 0.4) is 0 Å². The van der Waals surface area contributed by atoms with Gasteiger partial charge in [-0.05, 0) is 61.0 Å². The maximum atomic E-state index is 6.55. The quantitative estimate of drug-likeness (QED) is 0.147. The Bertz CT molecular complexity index is 3480. The molecule has 0 N–H and O–H groups in total. The molecule has 0 atom stereocenters. The first-order chi connectivity index (χ1) is 30.1. The van der Waals surface area contributed by atoms with E-state index in [-0.39, 0.29) is 42.1 Å². The van der Waals surface area contributed by atoms with E-state index in [1.165, 1.54) is 0 Å². The fourth-order valence-electron chi connectivity index (χ4n) is 8.24. The fraction of sp³-hybridized carbons (Fsp3) is 0.0392. The minimum atomic E-state index is 0. The Morgan fingerprint density at radius 3 is 1.21 bits per heavy atom. The van der Waals surface area contributed by atoms with Crippen LogP contribution in [-0.4, -0.2) is 38.9 Å². The Morgan fingerprint density at radius 2 is 0.794 bits per heavy atom. The summed E-state index contributed by atoms with van der Waals surface area (Å²) in [5.74, 6) is 4.03. The van der Waals surface area contributed by atoms with Crippen LogP contribution in [0.1, 0.15) is 11.4 Å². The number of aromatic nitrogens is 8. The average molecular weight is 1180 g/mol. The summed E-state index contributed by atoms with van der Waals surface area (Å²) in [5, 5.41) is 15.1. The summed E-state index contributed by atoms with van der Waals surface area (Å²) < 4.78 is 19.2. The Labute approximate surface area is 389 Å². The van der Waals surface area contributed by atoms with Crippen LogP contribution in [0.4, 0.5) is 0 Å². The summed E-state index contributed by atoms with van der Waals surface area (Å²) in [5.41, 5.74) is 6.69. The van der Waals surface area contributed by atoms with Gasteiger partial charge in [0, 0.05) is 46.4 Å². The van der Waals surface area contributed by atoms with E-state index in [2.05, 4.69) is 90.0 Å². The van der Waals surface area contributed by atoms with Crippen LogP contribution < -0.4 is 9.47 Å². The van der Waals surface area contributed by atoms with Crippen LogP contribution in [-0.2, 0) is 42.1 Å². The second kappa shape index (κ2) is 16.0. The van der Waals surface area contributed by atoms with Crippen molar-refractivity contribution in [3.05, 3.63) is 182 Å². The normalized spacial score (nSPS) is 11.4. The standard InChI is InChI=1S/C51H30N8O2.2Pt/c1-31-32(2)55-56-51(54-31)59-47-29-35(60-33-17-21-39-37-11-3-5-13-43(37)57(45(39)27-33)49-15-7-9-25-52-49)19-23-41(47)42-24-20-36(30-48(42)59)61-34-18-22-40-38-12-4-6-14-44(38)58(46(40)28-34)50-16-8-10-26-53-50;;/h3-26H,1-2H3;;/q-4;2*+2. The van der Waals surface area contributed by atoms with Gasteiger partial charge in [-0.25, -0.2) is 15.0 Å². The first-order valence-electron chi connectivity index (χ1n) is 19.8. The summed E-state index contributed by atoms with van der Waals surface area (Å²) in [6.45, 7) is 3.81. The van der Waals surface area contributed by atoms with Gasteiger partial charge >= 0.3 is 42.1 Å². The Hall–Kier alpha value is -6.99. The fourth-order valence-corrected chi connectivity index (χ4v) is 8.24. The zero-order chi connectivity index (χ0) is 40.6. The topological polar surface area (TPSA) is 97.7 Å². The number of pyridine rings is 2. The van der Waals surface area contributed by atoms with Gasteiger partial charge in [-0.2, -0.15) is 40.1 Å². The van der Waals surface area contributed by atoms with Crippen LogP contribution in [0.5, 0.6) is 23.0 Å². The SMILES string of the molecule is Cc1nnc(-n2c3[c-]c(Oc4[c-]c5c(cc4)c4ccccc4n5-c4ccccn4)ccc3c3ccc(Oc4[c-]c5c(cc4)c4ccccc4n5-c4ccccn4)[c-]c32)nc1C.[Pt+2].[Pt+2]. The van der Waals surface area contributed by atoms with Gasteiger partial charge in [-0.1, -0.05) is 70.6 Å². The van der Waals surface area contributed by atoms with Crippen molar-refractivity contribution in [1.82, 2.24) is 38.9 Å². The van der Waals surface area contributed by atoms with Crippen molar-refractivity contribution in [1.29, 1.82) is 0 Å². The second-order valence-electron chi connectivity index (χ2n) is 14.7. The number of nitrogens with zero attached hydrogens (tertiary/aromatic N) is 8. The molecular formula is C51H30N8O2Pt2. The third-order valence-electron chi connectivity index (χ3n) is 11.1. The van der Waals surface area contributed by atoms with E-state index in [0.717, 1.165) is 77.4 Å². The van der Waals surface area contributed by atoms with E-state index in [4.69, 9.17) is 14.5 Å². The minimum absolute atomic E-state index is 0. The molecule has 0 unspecified atom stereocenters. The van der Waals surface area contributed by atoms with E-state index < -0.39 is 0 Å². The van der Waals surface area contributed by atoms with Crippen LogP contribution in [0.2, 0.25) is 0 Å². The predicted molar refractivity (Wildman–Crippen MR) is 236 cm³/mol. The molecule has 0 aliphatic rings. The number of hydrogen-bond acceptors (Lipinski definition) is 7. The predicted octanol–water partition coefficient (Wildman–Crippen LogP) is 11.4. The van der Waals surface area contributed by atoms with Crippen LogP contribution in [0, 0.1) is 38.1 Å². The van der Waals surface area contributed by atoms with Gasteiger partial charge in [-0.15, -0.1) is 64.4 Å².